The van der Waals surface area contributed by atoms with E-state index in [-0.39, 0.29) is 25.3 Å². The molecule has 0 aliphatic carbocycles. The molecular formula is C13H16F3NO3. The summed E-state index contributed by atoms with van der Waals surface area (Å²) >= 11 is 0. The van der Waals surface area contributed by atoms with Crippen molar-refractivity contribution < 1.29 is 28.1 Å². The molecule has 1 fully saturated rings. The molecule has 2 N–H and O–H groups in total. The SMILES string of the molecule is OCCN1CCO[C@](O)(c2cccc(C(F)(F)F)c2)C1. The zero-order valence-corrected chi connectivity index (χ0v) is 10.7. The third-order valence-electron chi connectivity index (χ3n) is 3.24. The van der Waals surface area contributed by atoms with Crippen molar-refractivity contribution in [3.8, 4) is 0 Å². The lowest BCUT2D eigenvalue weighted by Crippen LogP contribution is -2.50. The van der Waals surface area contributed by atoms with Crippen LogP contribution in [0, 0.1) is 0 Å². The van der Waals surface area contributed by atoms with Crippen molar-refractivity contribution >= 4 is 0 Å². The fourth-order valence-corrected chi connectivity index (χ4v) is 2.22. The molecule has 1 aromatic rings. The molecule has 1 aliphatic heterocycles. The lowest BCUT2D eigenvalue weighted by Gasteiger charge is -2.39. The summed E-state index contributed by atoms with van der Waals surface area (Å²) in [5.74, 6) is -1.78. The minimum atomic E-state index is -4.47. The van der Waals surface area contributed by atoms with Crippen LogP contribution in [0.15, 0.2) is 24.3 Å². The first-order valence-electron chi connectivity index (χ1n) is 6.22. The van der Waals surface area contributed by atoms with Gasteiger partial charge in [0, 0.05) is 18.7 Å². The number of aliphatic hydroxyl groups is 2. The molecule has 1 heterocycles. The number of aliphatic hydroxyl groups excluding tert-OH is 1. The van der Waals surface area contributed by atoms with E-state index >= 15 is 0 Å². The van der Waals surface area contributed by atoms with Gasteiger partial charge in [0.1, 0.15) is 0 Å². The Morgan fingerprint density at radius 3 is 2.75 bits per heavy atom. The molecule has 1 saturated heterocycles. The van der Waals surface area contributed by atoms with Gasteiger partial charge in [0.2, 0.25) is 5.79 Å². The number of benzene rings is 1. The van der Waals surface area contributed by atoms with Gasteiger partial charge in [-0.25, -0.2) is 0 Å². The van der Waals surface area contributed by atoms with E-state index in [0.717, 1.165) is 12.1 Å². The largest absolute Gasteiger partial charge is 0.416 e. The standard InChI is InChI=1S/C13H16F3NO3/c14-13(15,16)11-3-1-2-10(8-11)12(19)9-17(4-6-18)5-7-20-12/h1-3,8,18-19H,4-7,9H2/t12-/m0/s1. The summed E-state index contributed by atoms with van der Waals surface area (Å²) in [6.07, 6.45) is -4.47. The van der Waals surface area contributed by atoms with Crippen molar-refractivity contribution in [2.75, 3.05) is 32.8 Å². The average Bonchev–Trinajstić information content (AvgIpc) is 2.38. The number of ether oxygens (including phenoxy) is 1. The number of hydrogen-bond donors (Lipinski definition) is 2. The molecule has 0 bridgehead atoms. The van der Waals surface area contributed by atoms with E-state index in [4.69, 9.17) is 9.84 Å². The first kappa shape index (κ1) is 15.2. The van der Waals surface area contributed by atoms with Crippen LogP contribution in [0.4, 0.5) is 13.2 Å². The van der Waals surface area contributed by atoms with Gasteiger partial charge in [0.15, 0.2) is 0 Å². The third kappa shape index (κ3) is 3.29. The van der Waals surface area contributed by atoms with Gasteiger partial charge in [-0.1, -0.05) is 12.1 Å². The van der Waals surface area contributed by atoms with Crippen molar-refractivity contribution in [2.24, 2.45) is 0 Å². The van der Waals surface area contributed by atoms with E-state index in [2.05, 4.69) is 0 Å². The van der Waals surface area contributed by atoms with Crippen LogP contribution in [0.5, 0.6) is 0 Å². The molecule has 0 saturated carbocycles. The first-order chi connectivity index (χ1) is 9.35. The van der Waals surface area contributed by atoms with Gasteiger partial charge in [-0.05, 0) is 12.1 Å². The fourth-order valence-electron chi connectivity index (χ4n) is 2.22. The molecule has 0 unspecified atom stereocenters. The van der Waals surface area contributed by atoms with Gasteiger partial charge in [-0.15, -0.1) is 0 Å². The Kier molecular flexibility index (Phi) is 4.33. The quantitative estimate of drug-likeness (QED) is 0.878. The second-order valence-electron chi connectivity index (χ2n) is 4.71. The summed E-state index contributed by atoms with van der Waals surface area (Å²) in [6.45, 7) is 0.979. The second-order valence-corrected chi connectivity index (χ2v) is 4.71. The summed E-state index contributed by atoms with van der Waals surface area (Å²) in [7, 11) is 0. The van der Waals surface area contributed by atoms with E-state index in [1.807, 2.05) is 0 Å². The average molecular weight is 291 g/mol. The minimum Gasteiger partial charge on any atom is -0.395 e. The second kappa shape index (κ2) is 5.69. The van der Waals surface area contributed by atoms with Gasteiger partial charge in [-0.3, -0.25) is 4.90 Å². The van der Waals surface area contributed by atoms with E-state index in [1.54, 1.807) is 4.90 Å². The highest BCUT2D eigenvalue weighted by Gasteiger charge is 2.38. The van der Waals surface area contributed by atoms with Crippen LogP contribution in [0.2, 0.25) is 0 Å². The van der Waals surface area contributed by atoms with Gasteiger partial charge >= 0.3 is 6.18 Å². The lowest BCUT2D eigenvalue weighted by molar-refractivity contribution is -0.248. The zero-order chi connectivity index (χ0) is 14.8. The number of β-amino-alcohol motifs (C(OH)–C–C–N with tert-alkyl or cyclic N) is 2. The maximum atomic E-state index is 12.7. The number of hydrogen-bond acceptors (Lipinski definition) is 4. The van der Waals surface area contributed by atoms with Crippen molar-refractivity contribution in [2.45, 2.75) is 12.0 Å². The number of nitrogens with zero attached hydrogens (tertiary/aromatic N) is 1. The highest BCUT2D eigenvalue weighted by atomic mass is 19.4. The third-order valence-corrected chi connectivity index (χ3v) is 3.24. The molecule has 7 heteroatoms. The molecule has 0 aromatic heterocycles. The monoisotopic (exact) mass is 291 g/mol. The van der Waals surface area contributed by atoms with Gasteiger partial charge in [0.05, 0.1) is 25.3 Å². The van der Waals surface area contributed by atoms with E-state index < -0.39 is 17.5 Å². The summed E-state index contributed by atoms with van der Waals surface area (Å²) < 4.78 is 43.3. The zero-order valence-electron chi connectivity index (χ0n) is 10.7. The molecule has 112 valence electrons. The summed E-state index contributed by atoms with van der Waals surface area (Å²) in [5.41, 5.74) is -0.763. The predicted octanol–water partition coefficient (Wildman–Crippen LogP) is 1.17. The highest BCUT2D eigenvalue weighted by molar-refractivity contribution is 5.29. The number of rotatable bonds is 3. The molecule has 20 heavy (non-hydrogen) atoms. The molecule has 1 aromatic carbocycles. The Bertz CT molecular complexity index is 464. The van der Waals surface area contributed by atoms with Crippen molar-refractivity contribution in [3.05, 3.63) is 35.4 Å². The Morgan fingerprint density at radius 2 is 2.10 bits per heavy atom. The summed E-state index contributed by atoms with van der Waals surface area (Å²) in [5, 5.41) is 19.3. The number of halogens is 3. The Labute approximate surface area is 114 Å². The van der Waals surface area contributed by atoms with Crippen LogP contribution in [0.3, 0.4) is 0 Å². The summed E-state index contributed by atoms with van der Waals surface area (Å²) in [4.78, 5) is 1.74. The van der Waals surface area contributed by atoms with Crippen molar-refractivity contribution in [1.82, 2.24) is 4.90 Å². The minimum absolute atomic E-state index is 0.0227. The van der Waals surface area contributed by atoms with Crippen molar-refractivity contribution in [3.63, 3.8) is 0 Å². The molecule has 0 radical (unpaired) electrons. The normalized spacial score (nSPS) is 24.9. The topological polar surface area (TPSA) is 52.9 Å². The maximum Gasteiger partial charge on any atom is 0.416 e. The Morgan fingerprint density at radius 1 is 1.35 bits per heavy atom. The van der Waals surface area contributed by atoms with Crippen molar-refractivity contribution in [1.29, 1.82) is 0 Å². The maximum absolute atomic E-state index is 12.7. The lowest BCUT2D eigenvalue weighted by atomic mass is 10.0. The number of morpholine rings is 1. The molecular weight excluding hydrogens is 275 g/mol. The Balaban J connectivity index is 2.25. The molecule has 0 amide bonds. The van der Waals surface area contributed by atoms with E-state index in [1.165, 1.54) is 12.1 Å². The van der Waals surface area contributed by atoms with Gasteiger partial charge in [0.25, 0.3) is 0 Å². The molecule has 0 spiro atoms. The van der Waals surface area contributed by atoms with Gasteiger partial charge < -0.3 is 14.9 Å². The predicted molar refractivity (Wildman–Crippen MR) is 64.8 cm³/mol. The summed E-state index contributed by atoms with van der Waals surface area (Å²) in [6, 6.07) is 4.48. The van der Waals surface area contributed by atoms with Crippen LogP contribution in [-0.4, -0.2) is 48.0 Å². The van der Waals surface area contributed by atoms with Crippen LogP contribution in [0.1, 0.15) is 11.1 Å². The number of alkyl halides is 3. The molecule has 1 atom stereocenters. The fraction of sp³-hybridized carbons (Fsp3) is 0.538. The molecule has 4 nitrogen and oxygen atoms in total. The van der Waals surface area contributed by atoms with E-state index in [9.17, 15) is 18.3 Å². The van der Waals surface area contributed by atoms with Crippen LogP contribution >= 0.6 is 0 Å². The highest BCUT2D eigenvalue weighted by Crippen LogP contribution is 2.33. The van der Waals surface area contributed by atoms with Gasteiger partial charge in [-0.2, -0.15) is 13.2 Å². The molecule has 2 rings (SSSR count). The van der Waals surface area contributed by atoms with E-state index in [0.29, 0.717) is 13.1 Å². The molecule has 1 aliphatic rings. The smallest absolute Gasteiger partial charge is 0.395 e. The van der Waals surface area contributed by atoms with Crippen LogP contribution < -0.4 is 0 Å². The Hall–Kier alpha value is -1.15. The van der Waals surface area contributed by atoms with Crippen LogP contribution in [0.25, 0.3) is 0 Å². The van der Waals surface area contributed by atoms with Crippen LogP contribution in [-0.2, 0) is 16.7 Å². The first-order valence-corrected chi connectivity index (χ1v) is 6.22.